The molecule has 0 radical (unpaired) electrons. The summed E-state index contributed by atoms with van der Waals surface area (Å²) in [6.07, 6.45) is 0. The van der Waals surface area contributed by atoms with Crippen LogP contribution < -0.4 is 9.62 Å². The lowest BCUT2D eigenvalue weighted by molar-refractivity contribution is 0.122. The molecule has 24 heavy (non-hydrogen) atoms. The minimum atomic E-state index is -4.07. The Hall–Kier alpha value is -1.83. The highest BCUT2D eigenvalue weighted by Gasteiger charge is 2.21. The van der Waals surface area contributed by atoms with Gasteiger partial charge in [0, 0.05) is 18.8 Å². The highest BCUT2D eigenvalue weighted by atomic mass is 35.5. The quantitative estimate of drug-likeness (QED) is 0.898. The van der Waals surface area contributed by atoms with Gasteiger partial charge in [-0.2, -0.15) is 0 Å². The average Bonchev–Trinajstić information content (AvgIpc) is 2.58. The standard InChI is InChI=1S/C16H16ClFN2O3S/c17-14-5-2-6-15(16(14)18)24(21,22)19-12-3-1-4-13(11-12)20-7-9-23-10-8-20/h1-6,11,19H,7-10H2. The summed E-state index contributed by atoms with van der Waals surface area (Å²) < 4.78 is 46.5. The Bertz CT molecular complexity index is 839. The van der Waals surface area contributed by atoms with Crippen molar-refractivity contribution in [2.75, 3.05) is 35.9 Å². The van der Waals surface area contributed by atoms with Gasteiger partial charge in [-0.1, -0.05) is 23.7 Å². The van der Waals surface area contributed by atoms with Crippen LogP contribution in [0, 0.1) is 5.82 Å². The second-order valence-corrected chi connectivity index (χ2v) is 7.37. The summed E-state index contributed by atoms with van der Waals surface area (Å²) in [5.41, 5.74) is 1.24. The molecule has 0 bridgehead atoms. The zero-order valence-corrected chi connectivity index (χ0v) is 14.3. The molecule has 1 fully saturated rings. The molecule has 0 unspecified atom stereocenters. The van der Waals surface area contributed by atoms with E-state index in [0.29, 0.717) is 18.9 Å². The first-order valence-electron chi connectivity index (χ1n) is 7.37. The van der Waals surface area contributed by atoms with Gasteiger partial charge in [0.05, 0.1) is 23.9 Å². The fourth-order valence-electron chi connectivity index (χ4n) is 2.49. The molecule has 1 N–H and O–H groups in total. The third-order valence-electron chi connectivity index (χ3n) is 3.68. The molecule has 0 atom stereocenters. The summed E-state index contributed by atoms with van der Waals surface area (Å²) in [7, 11) is -4.07. The van der Waals surface area contributed by atoms with Crippen LogP contribution in [0.15, 0.2) is 47.4 Å². The molecular formula is C16H16ClFN2O3S. The molecule has 2 aromatic carbocycles. The van der Waals surface area contributed by atoms with Crippen molar-refractivity contribution in [3.8, 4) is 0 Å². The molecule has 0 aliphatic carbocycles. The Labute approximate surface area is 145 Å². The maximum atomic E-state index is 14.0. The summed E-state index contributed by atoms with van der Waals surface area (Å²) >= 11 is 5.66. The van der Waals surface area contributed by atoms with Gasteiger partial charge in [0.25, 0.3) is 10.0 Å². The van der Waals surface area contributed by atoms with Gasteiger partial charge in [0.1, 0.15) is 4.90 Å². The zero-order chi connectivity index (χ0) is 17.2. The van der Waals surface area contributed by atoms with Crippen LogP contribution in [0.4, 0.5) is 15.8 Å². The number of anilines is 2. The Kier molecular flexibility index (Phi) is 4.93. The smallest absolute Gasteiger partial charge is 0.264 e. The molecule has 128 valence electrons. The van der Waals surface area contributed by atoms with Crippen molar-refractivity contribution in [3.05, 3.63) is 53.3 Å². The number of halogens is 2. The van der Waals surface area contributed by atoms with Gasteiger partial charge < -0.3 is 9.64 Å². The van der Waals surface area contributed by atoms with Crippen LogP contribution in [0.2, 0.25) is 5.02 Å². The number of ether oxygens (including phenoxy) is 1. The maximum absolute atomic E-state index is 14.0. The number of benzene rings is 2. The molecular weight excluding hydrogens is 355 g/mol. The lowest BCUT2D eigenvalue weighted by Gasteiger charge is -2.29. The number of hydrogen-bond donors (Lipinski definition) is 1. The second-order valence-electron chi connectivity index (χ2n) is 5.31. The largest absolute Gasteiger partial charge is 0.378 e. The predicted molar refractivity (Wildman–Crippen MR) is 91.7 cm³/mol. The number of nitrogens with zero attached hydrogens (tertiary/aromatic N) is 1. The summed E-state index contributed by atoms with van der Waals surface area (Å²) in [4.78, 5) is 1.62. The van der Waals surface area contributed by atoms with E-state index in [2.05, 4.69) is 9.62 Å². The molecule has 1 saturated heterocycles. The first-order chi connectivity index (χ1) is 11.5. The lowest BCUT2D eigenvalue weighted by atomic mass is 10.2. The summed E-state index contributed by atoms with van der Waals surface area (Å²) in [5, 5.41) is -0.236. The van der Waals surface area contributed by atoms with Crippen LogP contribution in [0.5, 0.6) is 0 Å². The summed E-state index contributed by atoms with van der Waals surface area (Å²) in [6.45, 7) is 2.73. The molecule has 1 heterocycles. The van der Waals surface area contributed by atoms with Crippen molar-refractivity contribution < 1.29 is 17.5 Å². The van der Waals surface area contributed by atoms with E-state index in [1.165, 1.54) is 18.2 Å². The molecule has 8 heteroatoms. The highest BCUT2D eigenvalue weighted by molar-refractivity contribution is 7.92. The van der Waals surface area contributed by atoms with Gasteiger partial charge in [-0.3, -0.25) is 4.72 Å². The van der Waals surface area contributed by atoms with Crippen molar-refractivity contribution in [1.29, 1.82) is 0 Å². The van der Waals surface area contributed by atoms with Gasteiger partial charge in [-0.05, 0) is 30.3 Å². The average molecular weight is 371 g/mol. The van der Waals surface area contributed by atoms with E-state index in [4.69, 9.17) is 16.3 Å². The molecule has 1 aliphatic rings. The van der Waals surface area contributed by atoms with Crippen molar-refractivity contribution in [2.45, 2.75) is 4.90 Å². The minimum absolute atomic E-state index is 0.236. The topological polar surface area (TPSA) is 58.6 Å². The first-order valence-corrected chi connectivity index (χ1v) is 9.23. The molecule has 0 spiro atoms. The van der Waals surface area contributed by atoms with E-state index in [-0.39, 0.29) is 5.02 Å². The van der Waals surface area contributed by atoms with Crippen molar-refractivity contribution in [2.24, 2.45) is 0 Å². The third-order valence-corrected chi connectivity index (χ3v) is 5.37. The van der Waals surface area contributed by atoms with Crippen LogP contribution in [-0.4, -0.2) is 34.7 Å². The molecule has 2 aromatic rings. The summed E-state index contributed by atoms with van der Waals surface area (Å²) in [5.74, 6) is -0.962. The zero-order valence-electron chi connectivity index (χ0n) is 12.7. The van der Waals surface area contributed by atoms with Crippen molar-refractivity contribution in [3.63, 3.8) is 0 Å². The van der Waals surface area contributed by atoms with Gasteiger partial charge in [-0.25, -0.2) is 12.8 Å². The molecule has 0 amide bonds. The summed E-state index contributed by atoms with van der Waals surface area (Å²) in [6, 6.07) is 10.8. The Balaban J connectivity index is 1.86. The molecule has 0 aromatic heterocycles. The van der Waals surface area contributed by atoms with Crippen LogP contribution in [0.1, 0.15) is 0 Å². The van der Waals surface area contributed by atoms with Crippen LogP contribution in [-0.2, 0) is 14.8 Å². The van der Waals surface area contributed by atoms with Gasteiger partial charge >= 0.3 is 0 Å². The van der Waals surface area contributed by atoms with E-state index < -0.39 is 20.7 Å². The molecule has 0 saturated carbocycles. The Morgan fingerprint density at radius 1 is 1.12 bits per heavy atom. The van der Waals surface area contributed by atoms with E-state index >= 15 is 0 Å². The van der Waals surface area contributed by atoms with E-state index in [1.54, 1.807) is 18.2 Å². The maximum Gasteiger partial charge on any atom is 0.264 e. The fraction of sp³-hybridized carbons (Fsp3) is 0.250. The van der Waals surface area contributed by atoms with E-state index in [0.717, 1.165) is 18.8 Å². The first kappa shape index (κ1) is 17.0. The lowest BCUT2D eigenvalue weighted by Crippen LogP contribution is -2.36. The van der Waals surface area contributed by atoms with Gasteiger partial charge in [0.2, 0.25) is 0 Å². The predicted octanol–water partition coefficient (Wildman–Crippen LogP) is 3.12. The van der Waals surface area contributed by atoms with Crippen LogP contribution in [0.3, 0.4) is 0 Å². The Morgan fingerprint density at radius 2 is 1.83 bits per heavy atom. The number of sulfonamides is 1. The minimum Gasteiger partial charge on any atom is -0.378 e. The van der Waals surface area contributed by atoms with Crippen LogP contribution in [0.25, 0.3) is 0 Å². The highest BCUT2D eigenvalue weighted by Crippen LogP contribution is 2.26. The van der Waals surface area contributed by atoms with E-state index in [1.807, 2.05) is 6.07 Å². The monoisotopic (exact) mass is 370 g/mol. The SMILES string of the molecule is O=S(=O)(Nc1cccc(N2CCOCC2)c1)c1cccc(Cl)c1F. The molecule has 1 aliphatic heterocycles. The van der Waals surface area contributed by atoms with Crippen LogP contribution >= 0.6 is 11.6 Å². The van der Waals surface area contributed by atoms with Crippen molar-refractivity contribution in [1.82, 2.24) is 0 Å². The second kappa shape index (κ2) is 6.96. The fourth-order valence-corrected chi connectivity index (χ4v) is 3.87. The molecule has 5 nitrogen and oxygen atoms in total. The number of rotatable bonds is 4. The number of hydrogen-bond acceptors (Lipinski definition) is 4. The molecule has 3 rings (SSSR count). The van der Waals surface area contributed by atoms with Gasteiger partial charge in [0.15, 0.2) is 5.82 Å². The van der Waals surface area contributed by atoms with Crippen molar-refractivity contribution >= 4 is 33.0 Å². The Morgan fingerprint density at radius 3 is 2.58 bits per heavy atom. The normalized spacial score (nSPS) is 15.3. The van der Waals surface area contributed by atoms with Gasteiger partial charge in [-0.15, -0.1) is 0 Å². The number of nitrogens with one attached hydrogen (secondary N) is 1. The van der Waals surface area contributed by atoms with E-state index in [9.17, 15) is 12.8 Å². The third kappa shape index (κ3) is 3.63. The number of morpholine rings is 1.